The molecular weight excluding hydrogens is 351 g/mol. The third-order valence-corrected chi connectivity index (χ3v) is 7.23. The molecule has 0 radical (unpaired) electrons. The van der Waals surface area contributed by atoms with E-state index in [1.807, 2.05) is 6.07 Å². The van der Waals surface area contributed by atoms with E-state index in [1.54, 1.807) is 12.1 Å². The number of anilines is 1. The molecule has 6 heteroatoms. The molecule has 2 heterocycles. The number of sulfone groups is 1. The van der Waals surface area contributed by atoms with Crippen LogP contribution in [0.25, 0.3) is 0 Å². The highest BCUT2D eigenvalue weighted by molar-refractivity contribution is 7.91. The largest absolute Gasteiger partial charge is 0.381 e. The summed E-state index contributed by atoms with van der Waals surface area (Å²) in [7, 11) is -3.66. The highest BCUT2D eigenvalue weighted by atomic mass is 32.2. The van der Waals surface area contributed by atoms with Gasteiger partial charge in [0.1, 0.15) is 5.82 Å². The molecule has 2 aromatic rings. The first kappa shape index (κ1) is 17.5. The Morgan fingerprint density at radius 2 is 1.62 bits per heavy atom. The maximum atomic E-state index is 13.1. The number of benzene rings is 2. The van der Waals surface area contributed by atoms with Crippen molar-refractivity contribution in [2.24, 2.45) is 0 Å². The lowest BCUT2D eigenvalue weighted by molar-refractivity contribution is 0.468. The van der Waals surface area contributed by atoms with Gasteiger partial charge in [0.25, 0.3) is 0 Å². The molecule has 2 unspecified atom stereocenters. The molecule has 0 amide bonds. The second-order valence-corrected chi connectivity index (χ2v) is 9.45. The van der Waals surface area contributed by atoms with Crippen molar-refractivity contribution in [1.82, 2.24) is 5.32 Å². The van der Waals surface area contributed by atoms with Crippen molar-refractivity contribution in [3.63, 3.8) is 0 Å². The topological polar surface area (TPSA) is 58.2 Å². The fraction of sp³-hybridized carbons (Fsp3) is 0.400. The maximum absolute atomic E-state index is 13.1. The fourth-order valence-electron chi connectivity index (χ4n) is 4.31. The van der Waals surface area contributed by atoms with Crippen LogP contribution in [0.15, 0.2) is 52.3 Å². The van der Waals surface area contributed by atoms with Gasteiger partial charge in [0.2, 0.25) is 9.84 Å². The van der Waals surface area contributed by atoms with Gasteiger partial charge in [-0.2, -0.15) is 0 Å². The minimum Gasteiger partial charge on any atom is -0.381 e. The van der Waals surface area contributed by atoms with Crippen LogP contribution in [0.5, 0.6) is 0 Å². The van der Waals surface area contributed by atoms with Crippen molar-refractivity contribution in [1.29, 1.82) is 0 Å². The second kappa shape index (κ2) is 6.35. The zero-order valence-corrected chi connectivity index (χ0v) is 15.7. The second-order valence-electron chi connectivity index (χ2n) is 7.50. The van der Waals surface area contributed by atoms with Crippen molar-refractivity contribution < 1.29 is 12.8 Å². The van der Waals surface area contributed by atoms with Crippen LogP contribution in [0.2, 0.25) is 0 Å². The van der Waals surface area contributed by atoms with Crippen LogP contribution in [-0.2, 0) is 9.84 Å². The van der Waals surface area contributed by atoms with Crippen LogP contribution in [0.3, 0.4) is 0 Å². The lowest BCUT2D eigenvalue weighted by Crippen LogP contribution is -2.33. The van der Waals surface area contributed by atoms with E-state index < -0.39 is 15.7 Å². The summed E-state index contributed by atoms with van der Waals surface area (Å²) in [4.78, 5) is 0.383. The summed E-state index contributed by atoms with van der Waals surface area (Å²) in [5.41, 5.74) is 2.10. The van der Waals surface area contributed by atoms with Crippen molar-refractivity contribution in [2.75, 3.05) is 5.32 Å². The molecule has 0 spiro atoms. The molecule has 4 rings (SSSR count). The van der Waals surface area contributed by atoms with Crippen LogP contribution >= 0.6 is 0 Å². The molecular formula is C20H23FN2O2S. The molecule has 0 aromatic heterocycles. The number of fused-ring (bicyclic) bond motifs is 3. The summed E-state index contributed by atoms with van der Waals surface area (Å²) in [6, 6.07) is 11.4. The Hall–Kier alpha value is -1.92. The van der Waals surface area contributed by atoms with Gasteiger partial charge in [0.05, 0.1) is 9.79 Å². The minimum atomic E-state index is -3.66. The van der Waals surface area contributed by atoms with Gasteiger partial charge in [0, 0.05) is 29.7 Å². The first-order valence-corrected chi connectivity index (χ1v) is 10.5. The molecule has 138 valence electrons. The van der Waals surface area contributed by atoms with Crippen molar-refractivity contribution in [2.45, 2.75) is 60.5 Å². The lowest BCUT2D eigenvalue weighted by atomic mass is 9.88. The van der Waals surface area contributed by atoms with Gasteiger partial charge in [-0.15, -0.1) is 0 Å². The van der Waals surface area contributed by atoms with Gasteiger partial charge in [-0.1, -0.05) is 0 Å². The monoisotopic (exact) mass is 374 g/mol. The Bertz CT molecular complexity index is 927. The third-order valence-electron chi connectivity index (χ3n) is 5.47. The molecule has 2 aliphatic rings. The summed E-state index contributed by atoms with van der Waals surface area (Å²) >= 11 is 0. The number of hydrogen-bond acceptors (Lipinski definition) is 4. The third kappa shape index (κ3) is 3.01. The molecule has 4 atom stereocenters. The summed E-state index contributed by atoms with van der Waals surface area (Å²) in [5.74, 6) is -0.153. The first-order valence-electron chi connectivity index (χ1n) is 9.02. The van der Waals surface area contributed by atoms with Crippen molar-refractivity contribution in [3.05, 3.63) is 53.8 Å². The highest BCUT2D eigenvalue weighted by Gasteiger charge is 2.37. The van der Waals surface area contributed by atoms with Gasteiger partial charge in [-0.3, -0.25) is 0 Å². The first-order chi connectivity index (χ1) is 12.3. The van der Waals surface area contributed by atoms with E-state index in [0.29, 0.717) is 24.0 Å². The van der Waals surface area contributed by atoms with E-state index in [2.05, 4.69) is 24.5 Å². The molecule has 0 saturated carbocycles. The van der Waals surface area contributed by atoms with E-state index in [0.717, 1.165) is 24.1 Å². The van der Waals surface area contributed by atoms with Gasteiger partial charge in [0.15, 0.2) is 0 Å². The Kier molecular flexibility index (Phi) is 4.28. The van der Waals surface area contributed by atoms with Gasteiger partial charge in [-0.05, 0) is 74.7 Å². The Balaban J connectivity index is 1.72. The average molecular weight is 374 g/mol. The predicted molar refractivity (Wildman–Crippen MR) is 99.7 cm³/mol. The van der Waals surface area contributed by atoms with Crippen LogP contribution in [0.1, 0.15) is 38.2 Å². The zero-order valence-electron chi connectivity index (χ0n) is 14.9. The van der Waals surface area contributed by atoms with Gasteiger partial charge < -0.3 is 10.6 Å². The summed E-state index contributed by atoms with van der Waals surface area (Å²) in [5, 5.41) is 7.15. The smallest absolute Gasteiger partial charge is 0.206 e. The molecule has 0 bridgehead atoms. The van der Waals surface area contributed by atoms with Crippen LogP contribution < -0.4 is 10.6 Å². The standard InChI is InChI=1S/C20H23FN2O2S/c1-12-9-17-18-11-16(26(24,25)15-5-3-14(21)4-6-15)7-8-19(18)23-20(17)10-13(2)22-12/h3-8,11-13,17,20,22-23H,9-10H2,1-2H3/t12?,13?,17-,20-/m0/s1. The van der Waals surface area contributed by atoms with Crippen molar-refractivity contribution in [3.8, 4) is 0 Å². The normalized spacial score (nSPS) is 28.0. The van der Waals surface area contributed by atoms with E-state index >= 15 is 0 Å². The maximum Gasteiger partial charge on any atom is 0.206 e. The van der Waals surface area contributed by atoms with Crippen LogP contribution in [0.4, 0.5) is 10.1 Å². The molecule has 2 aliphatic heterocycles. The van der Waals surface area contributed by atoms with Crippen molar-refractivity contribution >= 4 is 15.5 Å². The number of rotatable bonds is 2. The number of nitrogens with one attached hydrogen (secondary N) is 2. The highest BCUT2D eigenvalue weighted by Crippen LogP contribution is 2.43. The van der Waals surface area contributed by atoms with Gasteiger partial charge >= 0.3 is 0 Å². The molecule has 2 aromatic carbocycles. The molecule has 1 fully saturated rings. The molecule has 26 heavy (non-hydrogen) atoms. The summed E-state index contributed by atoms with van der Waals surface area (Å²) < 4.78 is 39.0. The van der Waals surface area contributed by atoms with E-state index in [-0.39, 0.29) is 9.79 Å². The number of halogens is 1. The lowest BCUT2D eigenvalue weighted by Gasteiger charge is -2.18. The minimum absolute atomic E-state index is 0.117. The van der Waals surface area contributed by atoms with Gasteiger partial charge in [-0.25, -0.2) is 12.8 Å². The molecule has 2 N–H and O–H groups in total. The molecule has 4 nitrogen and oxygen atoms in total. The Morgan fingerprint density at radius 3 is 2.35 bits per heavy atom. The number of hydrogen-bond donors (Lipinski definition) is 2. The van der Waals surface area contributed by atoms with E-state index in [4.69, 9.17) is 0 Å². The summed E-state index contributed by atoms with van der Waals surface area (Å²) in [6.45, 7) is 4.37. The van der Waals surface area contributed by atoms with Crippen LogP contribution in [-0.4, -0.2) is 26.5 Å². The Morgan fingerprint density at radius 1 is 0.962 bits per heavy atom. The van der Waals surface area contributed by atoms with E-state index in [1.165, 1.54) is 24.3 Å². The van der Waals surface area contributed by atoms with Crippen LogP contribution in [0, 0.1) is 5.82 Å². The zero-order chi connectivity index (χ0) is 18.5. The Labute approximate surface area is 153 Å². The summed E-state index contributed by atoms with van der Waals surface area (Å²) in [6.07, 6.45) is 1.97. The predicted octanol–water partition coefficient (Wildman–Crippen LogP) is 3.70. The molecule has 0 aliphatic carbocycles. The fourth-order valence-corrected chi connectivity index (χ4v) is 5.61. The SMILES string of the molecule is CC1C[C@@H]2Nc3ccc(S(=O)(=O)c4ccc(F)cc4)cc3[C@@H]2CC(C)N1. The van der Waals surface area contributed by atoms with E-state index in [9.17, 15) is 12.8 Å². The quantitative estimate of drug-likeness (QED) is 0.787. The average Bonchev–Trinajstić information content (AvgIpc) is 2.83. The molecule has 1 saturated heterocycles.